The van der Waals surface area contributed by atoms with Crippen molar-refractivity contribution in [3.8, 4) is 22.9 Å². The van der Waals surface area contributed by atoms with E-state index in [1.54, 1.807) is 55.6 Å². The molecule has 0 saturated carbocycles. The quantitative estimate of drug-likeness (QED) is 0.481. The minimum atomic E-state index is -0.655. The molecular weight excluding hydrogens is 390 g/mol. The number of aromatic nitrogens is 2. The van der Waals surface area contributed by atoms with Crippen LogP contribution in [-0.4, -0.2) is 23.2 Å². The minimum absolute atomic E-state index is 0.133. The summed E-state index contributed by atoms with van der Waals surface area (Å²) in [6, 6.07) is 17.3. The Hall–Kier alpha value is -4.27. The van der Waals surface area contributed by atoms with Crippen LogP contribution in [0.25, 0.3) is 11.4 Å². The number of benzene rings is 2. The third-order valence-electron chi connectivity index (χ3n) is 4.16. The first-order chi connectivity index (χ1) is 14.6. The van der Waals surface area contributed by atoms with Crippen molar-refractivity contribution >= 4 is 11.6 Å². The molecule has 2 aromatic heterocycles. The van der Waals surface area contributed by atoms with Crippen LogP contribution in [0.2, 0.25) is 0 Å². The lowest BCUT2D eigenvalue weighted by atomic mass is 10.2. The van der Waals surface area contributed by atoms with E-state index in [2.05, 4.69) is 20.0 Å². The summed E-state index contributed by atoms with van der Waals surface area (Å²) in [5, 5.41) is 6.37. The van der Waals surface area contributed by atoms with Crippen LogP contribution >= 0.6 is 0 Å². The van der Waals surface area contributed by atoms with Crippen molar-refractivity contribution in [3.05, 3.63) is 82.7 Å². The summed E-state index contributed by atoms with van der Waals surface area (Å²) in [6.07, 6.45) is 0. The monoisotopic (exact) mass is 407 g/mol. The van der Waals surface area contributed by atoms with Crippen LogP contribution in [-0.2, 0) is 6.61 Å². The number of rotatable bonds is 7. The summed E-state index contributed by atoms with van der Waals surface area (Å²) in [6.45, 7) is 0.142. The maximum absolute atomic E-state index is 12.5. The Kier molecular flexibility index (Phi) is 5.33. The van der Waals surface area contributed by atoms with E-state index in [-0.39, 0.29) is 18.2 Å². The third kappa shape index (κ3) is 4.25. The van der Waals surface area contributed by atoms with Gasteiger partial charge in [0, 0.05) is 11.3 Å². The van der Waals surface area contributed by atoms with Gasteiger partial charge in [0.15, 0.2) is 23.1 Å². The molecule has 0 atom stereocenters. The van der Waals surface area contributed by atoms with Crippen molar-refractivity contribution in [1.82, 2.24) is 10.1 Å². The summed E-state index contributed by atoms with van der Waals surface area (Å²) in [4.78, 5) is 26.1. The van der Waals surface area contributed by atoms with Gasteiger partial charge < -0.3 is 19.2 Å². The number of amides is 1. The van der Waals surface area contributed by atoms with Crippen LogP contribution in [0.1, 0.15) is 16.3 Å². The van der Waals surface area contributed by atoms with Crippen molar-refractivity contribution in [3.63, 3.8) is 0 Å². The number of para-hydroxylation sites is 2. The predicted octanol–water partition coefficient (Wildman–Crippen LogP) is 3.46. The van der Waals surface area contributed by atoms with Gasteiger partial charge in [0.1, 0.15) is 12.4 Å². The molecule has 0 spiro atoms. The highest BCUT2D eigenvalue weighted by atomic mass is 16.5. The molecule has 2 aromatic carbocycles. The van der Waals surface area contributed by atoms with Crippen molar-refractivity contribution in [2.24, 2.45) is 0 Å². The van der Waals surface area contributed by atoms with E-state index in [0.717, 1.165) is 0 Å². The van der Waals surface area contributed by atoms with E-state index in [9.17, 15) is 9.59 Å². The molecule has 0 unspecified atom stereocenters. The Morgan fingerprint density at radius 3 is 2.70 bits per heavy atom. The number of ether oxygens (including phenoxy) is 2. The van der Waals surface area contributed by atoms with Gasteiger partial charge in [-0.25, -0.2) is 4.79 Å². The molecule has 9 heteroatoms. The zero-order chi connectivity index (χ0) is 20.9. The molecule has 2 N–H and O–H groups in total. The lowest BCUT2D eigenvalue weighted by molar-refractivity contribution is 0.0992. The normalized spacial score (nSPS) is 10.6. The van der Waals surface area contributed by atoms with Gasteiger partial charge in [-0.3, -0.25) is 14.3 Å². The summed E-state index contributed by atoms with van der Waals surface area (Å²) in [7, 11) is 1.56. The largest absolute Gasteiger partial charge is 0.493 e. The minimum Gasteiger partial charge on any atom is -0.493 e. The number of hydrogen-bond donors (Lipinski definition) is 2. The fraction of sp³-hybridized carbons (Fsp3) is 0.0952. The van der Waals surface area contributed by atoms with Gasteiger partial charge in [0.05, 0.1) is 7.11 Å². The number of aromatic amines is 1. The summed E-state index contributed by atoms with van der Waals surface area (Å²) >= 11 is 0. The van der Waals surface area contributed by atoms with Crippen molar-refractivity contribution in [1.29, 1.82) is 0 Å². The van der Waals surface area contributed by atoms with Crippen molar-refractivity contribution in [2.45, 2.75) is 6.61 Å². The maximum atomic E-state index is 12.5. The number of furan rings is 1. The number of nitrogens with one attached hydrogen (secondary N) is 2. The Bertz CT molecular complexity index is 1220. The van der Waals surface area contributed by atoms with Crippen LogP contribution in [0.4, 0.5) is 5.69 Å². The second kappa shape index (κ2) is 8.39. The molecule has 4 aromatic rings. The second-order valence-electron chi connectivity index (χ2n) is 6.18. The molecule has 0 fully saturated rings. The number of carbonyl (C=O) groups is 1. The molecule has 9 nitrogen and oxygen atoms in total. The number of hydrogen-bond acceptors (Lipinski definition) is 7. The van der Waals surface area contributed by atoms with Gasteiger partial charge in [0.25, 0.3) is 5.91 Å². The molecule has 4 rings (SSSR count). The highest BCUT2D eigenvalue weighted by Gasteiger charge is 2.13. The lowest BCUT2D eigenvalue weighted by Crippen LogP contribution is -2.11. The van der Waals surface area contributed by atoms with Gasteiger partial charge >= 0.3 is 5.76 Å². The fourth-order valence-corrected chi connectivity index (χ4v) is 2.76. The molecular formula is C21H17N3O6. The topological polar surface area (TPSA) is 120 Å². The number of nitrogens with zero attached hydrogens (tertiary/aromatic N) is 1. The predicted molar refractivity (Wildman–Crippen MR) is 107 cm³/mol. The molecule has 0 aliphatic carbocycles. The Labute approximate surface area is 170 Å². The van der Waals surface area contributed by atoms with Gasteiger partial charge in [-0.05, 0) is 36.4 Å². The zero-order valence-corrected chi connectivity index (χ0v) is 15.9. The van der Waals surface area contributed by atoms with Gasteiger partial charge in [0.2, 0.25) is 0 Å². The Morgan fingerprint density at radius 1 is 1.10 bits per heavy atom. The van der Waals surface area contributed by atoms with Crippen molar-refractivity contribution in [2.75, 3.05) is 12.4 Å². The molecule has 2 heterocycles. The molecule has 30 heavy (non-hydrogen) atoms. The van der Waals surface area contributed by atoms with Gasteiger partial charge in [-0.2, -0.15) is 0 Å². The van der Waals surface area contributed by atoms with E-state index < -0.39 is 11.7 Å². The second-order valence-corrected chi connectivity index (χ2v) is 6.18. The molecule has 152 valence electrons. The summed E-state index contributed by atoms with van der Waals surface area (Å²) in [5.74, 6) is 0.987. The average Bonchev–Trinajstić information content (AvgIpc) is 3.42. The smallest absolute Gasteiger partial charge is 0.439 e. The van der Waals surface area contributed by atoms with Crippen LogP contribution < -0.4 is 20.5 Å². The van der Waals surface area contributed by atoms with E-state index in [1.165, 1.54) is 0 Å². The molecule has 1 amide bonds. The summed E-state index contributed by atoms with van der Waals surface area (Å²) < 4.78 is 21.0. The number of methoxy groups -OCH3 is 1. The van der Waals surface area contributed by atoms with E-state index in [4.69, 9.17) is 13.9 Å². The SMILES string of the molecule is COc1ccccc1OCc1ccc(C(=O)Nc2cccc(-c3noc(=O)[nH]3)c2)o1. The van der Waals surface area contributed by atoms with Crippen LogP contribution in [0, 0.1) is 0 Å². The molecule has 0 aliphatic rings. The Morgan fingerprint density at radius 2 is 1.93 bits per heavy atom. The zero-order valence-electron chi connectivity index (χ0n) is 15.9. The van der Waals surface area contributed by atoms with Crippen LogP contribution in [0.15, 0.2) is 74.4 Å². The molecule has 0 aliphatic heterocycles. The van der Waals surface area contributed by atoms with E-state index >= 15 is 0 Å². The van der Waals surface area contributed by atoms with Crippen LogP contribution in [0.3, 0.4) is 0 Å². The first-order valence-electron chi connectivity index (χ1n) is 8.94. The summed E-state index contributed by atoms with van der Waals surface area (Å²) in [5.41, 5.74) is 1.09. The first-order valence-corrected chi connectivity index (χ1v) is 8.94. The van der Waals surface area contributed by atoms with E-state index in [1.807, 2.05) is 12.1 Å². The van der Waals surface area contributed by atoms with Gasteiger partial charge in [-0.15, -0.1) is 0 Å². The molecule has 0 saturated heterocycles. The third-order valence-corrected chi connectivity index (χ3v) is 4.16. The lowest BCUT2D eigenvalue weighted by Gasteiger charge is -2.08. The fourth-order valence-electron chi connectivity index (χ4n) is 2.76. The van der Waals surface area contributed by atoms with Crippen LogP contribution in [0.5, 0.6) is 11.5 Å². The number of H-pyrrole nitrogens is 1. The highest BCUT2D eigenvalue weighted by molar-refractivity contribution is 6.02. The molecule has 0 radical (unpaired) electrons. The van der Waals surface area contributed by atoms with Gasteiger partial charge in [-0.1, -0.05) is 29.4 Å². The number of carbonyl (C=O) groups excluding carboxylic acids is 1. The Balaban J connectivity index is 1.41. The highest BCUT2D eigenvalue weighted by Crippen LogP contribution is 2.27. The first kappa shape index (κ1) is 19.1. The maximum Gasteiger partial charge on any atom is 0.439 e. The molecule has 0 bridgehead atoms. The average molecular weight is 407 g/mol. The standard InChI is InChI=1S/C21H17N3O6/c1-27-16-7-2-3-8-17(16)28-12-15-9-10-18(29-15)20(25)22-14-6-4-5-13(11-14)19-23-21(26)30-24-19/h2-11H,12H2,1H3,(H,22,25)(H,23,24,26). The number of anilines is 1. The van der Waals surface area contributed by atoms with E-state index in [0.29, 0.717) is 28.5 Å². The van der Waals surface area contributed by atoms with Crippen molar-refractivity contribution < 1.29 is 23.2 Å².